The van der Waals surface area contributed by atoms with Crippen LogP contribution in [0.25, 0.3) is 0 Å². The minimum Gasteiger partial charge on any atom is -0.339 e. The molecule has 2 N–H and O–H groups in total. The Labute approximate surface area is 160 Å². The van der Waals surface area contributed by atoms with Crippen LogP contribution in [0.1, 0.15) is 33.2 Å². The van der Waals surface area contributed by atoms with Crippen LogP contribution < -0.4 is 10.9 Å². The van der Waals surface area contributed by atoms with Crippen molar-refractivity contribution in [2.24, 2.45) is 0 Å². The van der Waals surface area contributed by atoms with E-state index in [9.17, 15) is 31.5 Å². The number of nitrogens with zero attached hydrogens (tertiary/aromatic N) is 1. The minimum atomic E-state index is -4.59. The van der Waals surface area contributed by atoms with Crippen molar-refractivity contribution >= 4 is 5.91 Å². The molecule has 2 heterocycles. The van der Waals surface area contributed by atoms with Crippen molar-refractivity contribution < 1.29 is 26.7 Å². The van der Waals surface area contributed by atoms with E-state index in [0.717, 1.165) is 48.7 Å². The summed E-state index contributed by atoms with van der Waals surface area (Å²) in [6, 6.07) is 6.05. The molecule has 1 amide bonds. The third kappa shape index (κ3) is 4.65. The van der Waals surface area contributed by atoms with Crippen LogP contribution in [-0.4, -0.2) is 15.9 Å². The third-order valence-corrected chi connectivity index (χ3v) is 4.01. The van der Waals surface area contributed by atoms with Gasteiger partial charge in [0, 0.05) is 12.3 Å². The van der Waals surface area contributed by atoms with Crippen LogP contribution in [0.4, 0.5) is 22.0 Å². The minimum absolute atomic E-state index is 0.00155. The lowest BCUT2D eigenvalue weighted by Crippen LogP contribution is -2.31. The van der Waals surface area contributed by atoms with Crippen molar-refractivity contribution in [3.63, 3.8) is 0 Å². The Morgan fingerprint density at radius 2 is 1.69 bits per heavy atom. The van der Waals surface area contributed by atoms with E-state index < -0.39 is 46.7 Å². The van der Waals surface area contributed by atoms with Gasteiger partial charge in [-0.25, -0.2) is 9.37 Å². The number of aromatic nitrogens is 2. The van der Waals surface area contributed by atoms with Crippen molar-refractivity contribution in [1.82, 2.24) is 15.3 Å². The molecule has 2 aromatic heterocycles. The molecule has 0 aliphatic heterocycles. The molecule has 29 heavy (non-hydrogen) atoms. The number of halogens is 5. The van der Waals surface area contributed by atoms with Gasteiger partial charge in [0.2, 0.25) is 11.5 Å². The number of nitrogens with one attached hydrogen (secondary N) is 2. The van der Waals surface area contributed by atoms with E-state index in [2.05, 4.69) is 15.3 Å². The number of benzene rings is 1. The van der Waals surface area contributed by atoms with Crippen molar-refractivity contribution in [1.29, 1.82) is 0 Å². The van der Waals surface area contributed by atoms with E-state index >= 15 is 0 Å². The zero-order valence-electron chi connectivity index (χ0n) is 14.4. The molecule has 1 atom stereocenters. The molecule has 0 aliphatic carbocycles. The average Bonchev–Trinajstić information content (AvgIpc) is 2.68. The summed E-state index contributed by atoms with van der Waals surface area (Å²) in [5.41, 5.74) is -1.87. The van der Waals surface area contributed by atoms with Crippen molar-refractivity contribution in [3.8, 4) is 0 Å². The molecule has 0 spiro atoms. The number of carbonyl (C=O) groups is 1. The maximum absolute atomic E-state index is 14.3. The topological polar surface area (TPSA) is 74.8 Å². The molecule has 3 rings (SSSR count). The fourth-order valence-corrected chi connectivity index (χ4v) is 2.58. The molecule has 5 nitrogen and oxygen atoms in total. The summed E-state index contributed by atoms with van der Waals surface area (Å²) in [5.74, 6) is -2.77. The van der Waals surface area contributed by atoms with Gasteiger partial charge in [-0.1, -0.05) is 12.1 Å². The van der Waals surface area contributed by atoms with Crippen molar-refractivity contribution in [2.75, 3.05) is 0 Å². The van der Waals surface area contributed by atoms with Gasteiger partial charge in [-0.05, 0) is 35.9 Å². The van der Waals surface area contributed by atoms with E-state index in [-0.39, 0.29) is 11.1 Å². The Balaban J connectivity index is 2.02. The predicted molar refractivity (Wildman–Crippen MR) is 92.0 cm³/mol. The number of H-pyrrole nitrogens is 1. The number of alkyl halides is 3. The second-order valence-electron chi connectivity index (χ2n) is 5.97. The predicted octanol–water partition coefficient (Wildman–Crippen LogP) is 3.59. The van der Waals surface area contributed by atoms with Gasteiger partial charge in [0.1, 0.15) is 11.5 Å². The van der Waals surface area contributed by atoms with Crippen LogP contribution >= 0.6 is 0 Å². The van der Waals surface area contributed by atoms with Crippen LogP contribution in [0, 0.1) is 11.8 Å². The quantitative estimate of drug-likeness (QED) is 0.511. The molecular formula is C19H12F5N3O2. The van der Waals surface area contributed by atoms with E-state index in [1.807, 2.05) is 0 Å². The molecule has 0 bridgehead atoms. The van der Waals surface area contributed by atoms with E-state index in [0.29, 0.717) is 0 Å². The number of hydrogen-bond donors (Lipinski definition) is 2. The fourth-order valence-electron chi connectivity index (χ4n) is 2.58. The lowest BCUT2D eigenvalue weighted by molar-refractivity contribution is -0.137. The maximum Gasteiger partial charge on any atom is 0.416 e. The Bertz CT molecular complexity index is 1070. The zero-order valence-corrected chi connectivity index (χ0v) is 14.4. The highest BCUT2D eigenvalue weighted by atomic mass is 19.4. The highest BCUT2D eigenvalue weighted by Gasteiger charge is 2.31. The van der Waals surface area contributed by atoms with Crippen LogP contribution in [0.2, 0.25) is 0 Å². The molecule has 0 radical (unpaired) electrons. The molecule has 0 fully saturated rings. The van der Waals surface area contributed by atoms with Gasteiger partial charge in [0.05, 0.1) is 17.2 Å². The summed E-state index contributed by atoms with van der Waals surface area (Å²) in [6.07, 6.45) is -3.48. The van der Waals surface area contributed by atoms with Gasteiger partial charge in [-0.15, -0.1) is 0 Å². The van der Waals surface area contributed by atoms with Gasteiger partial charge in [-0.2, -0.15) is 17.6 Å². The molecule has 150 valence electrons. The first-order valence-electron chi connectivity index (χ1n) is 8.14. The Kier molecular flexibility index (Phi) is 5.44. The normalized spacial score (nSPS) is 12.4. The van der Waals surface area contributed by atoms with Gasteiger partial charge < -0.3 is 10.3 Å². The van der Waals surface area contributed by atoms with Crippen molar-refractivity contribution in [3.05, 3.63) is 99.2 Å². The lowest BCUT2D eigenvalue weighted by atomic mass is 10.0. The van der Waals surface area contributed by atoms with Gasteiger partial charge in [-0.3, -0.25) is 9.59 Å². The lowest BCUT2D eigenvalue weighted by Gasteiger charge is -2.20. The summed E-state index contributed by atoms with van der Waals surface area (Å²) in [6.45, 7) is 0. The monoisotopic (exact) mass is 409 g/mol. The number of pyridine rings is 2. The van der Waals surface area contributed by atoms with E-state index in [1.54, 1.807) is 0 Å². The summed E-state index contributed by atoms with van der Waals surface area (Å²) in [4.78, 5) is 29.3. The average molecular weight is 409 g/mol. The van der Waals surface area contributed by atoms with Gasteiger partial charge >= 0.3 is 6.18 Å². The first-order chi connectivity index (χ1) is 13.6. The smallest absolute Gasteiger partial charge is 0.339 e. The molecule has 10 heteroatoms. The van der Waals surface area contributed by atoms with E-state index in [4.69, 9.17) is 0 Å². The largest absolute Gasteiger partial charge is 0.416 e. The fraction of sp³-hybridized carbons (Fsp3) is 0.105. The van der Waals surface area contributed by atoms with Crippen LogP contribution in [0.15, 0.2) is 59.5 Å². The molecule has 1 unspecified atom stereocenters. The van der Waals surface area contributed by atoms with E-state index in [1.165, 1.54) is 6.07 Å². The first-order valence-corrected chi connectivity index (χ1v) is 8.14. The number of amides is 1. The highest BCUT2D eigenvalue weighted by Crippen LogP contribution is 2.31. The standard InChI is InChI=1S/C19H12F5N3O2/c20-13-6-7-14(21)26-17(13)16(10-1-4-12(5-2-10)19(22,23)24)27-18(29)11-3-8-15(28)25-9-11/h1-9,16H,(H,25,28)(H,27,29). The van der Waals surface area contributed by atoms with Gasteiger partial charge in [0.15, 0.2) is 0 Å². The Morgan fingerprint density at radius 1 is 1.00 bits per heavy atom. The molecule has 0 saturated heterocycles. The van der Waals surface area contributed by atoms with Crippen LogP contribution in [-0.2, 0) is 6.18 Å². The Hall–Kier alpha value is -3.56. The Morgan fingerprint density at radius 3 is 2.28 bits per heavy atom. The zero-order chi connectivity index (χ0) is 21.2. The summed E-state index contributed by atoms with van der Waals surface area (Å²) < 4.78 is 66.3. The first kappa shape index (κ1) is 20.2. The van der Waals surface area contributed by atoms with Crippen molar-refractivity contribution in [2.45, 2.75) is 12.2 Å². The maximum atomic E-state index is 14.3. The molecule has 0 saturated carbocycles. The third-order valence-electron chi connectivity index (χ3n) is 4.01. The number of aromatic amines is 1. The molecular weight excluding hydrogens is 397 g/mol. The van der Waals surface area contributed by atoms with Gasteiger partial charge in [0.25, 0.3) is 5.91 Å². The molecule has 3 aromatic rings. The molecule has 1 aromatic carbocycles. The highest BCUT2D eigenvalue weighted by molar-refractivity contribution is 5.94. The summed E-state index contributed by atoms with van der Waals surface area (Å²) in [7, 11) is 0. The summed E-state index contributed by atoms with van der Waals surface area (Å²) >= 11 is 0. The molecule has 0 aliphatic rings. The number of hydrogen-bond acceptors (Lipinski definition) is 3. The summed E-state index contributed by atoms with van der Waals surface area (Å²) in [5, 5.41) is 2.40. The number of carbonyl (C=O) groups excluding carboxylic acids is 1. The van der Waals surface area contributed by atoms with Crippen LogP contribution in [0.5, 0.6) is 0 Å². The SMILES string of the molecule is O=C(NC(c1ccc(C(F)(F)F)cc1)c1nc(F)ccc1F)c1ccc(=O)[nH]c1. The second kappa shape index (κ2) is 7.82. The number of rotatable bonds is 4. The van der Waals surface area contributed by atoms with Crippen LogP contribution in [0.3, 0.4) is 0 Å². The second-order valence-corrected chi connectivity index (χ2v) is 5.97.